The van der Waals surface area contributed by atoms with Crippen LogP contribution >= 0.6 is 11.6 Å². The number of para-hydroxylation sites is 1. The number of benzene rings is 3. The van der Waals surface area contributed by atoms with Gasteiger partial charge < -0.3 is 10.2 Å². The quantitative estimate of drug-likeness (QED) is 0.365. The molecule has 0 radical (unpaired) electrons. The molecule has 0 saturated heterocycles. The highest BCUT2D eigenvalue weighted by Gasteiger charge is 2.34. The molecule has 0 aromatic heterocycles. The molecule has 39 heavy (non-hydrogen) atoms. The van der Waals surface area contributed by atoms with Crippen LogP contribution in [0.3, 0.4) is 0 Å². The summed E-state index contributed by atoms with van der Waals surface area (Å²) in [4.78, 5) is 28.3. The van der Waals surface area contributed by atoms with Crippen molar-refractivity contribution in [2.24, 2.45) is 0 Å². The SMILES string of the molecule is C[C@H](C(=O)NC1CCCC1)N(Cc1ccccc1Cl)C(=O)CN(c1ccccc1F)S(=O)(=O)c1ccccc1. The number of carbonyl (C=O) groups is 2. The lowest BCUT2D eigenvalue weighted by Crippen LogP contribution is -2.52. The van der Waals surface area contributed by atoms with Gasteiger partial charge in [-0.15, -0.1) is 0 Å². The van der Waals surface area contributed by atoms with E-state index in [1.807, 2.05) is 0 Å². The maximum atomic E-state index is 14.9. The van der Waals surface area contributed by atoms with E-state index in [0.717, 1.165) is 36.1 Å². The average molecular weight is 572 g/mol. The highest BCUT2D eigenvalue weighted by Crippen LogP contribution is 2.27. The van der Waals surface area contributed by atoms with Crippen LogP contribution in [0.25, 0.3) is 0 Å². The Morgan fingerprint density at radius 3 is 2.26 bits per heavy atom. The van der Waals surface area contributed by atoms with E-state index in [4.69, 9.17) is 11.6 Å². The van der Waals surface area contributed by atoms with Gasteiger partial charge in [-0.2, -0.15) is 0 Å². The van der Waals surface area contributed by atoms with E-state index in [1.54, 1.807) is 49.4 Å². The third-order valence-electron chi connectivity index (χ3n) is 6.90. The molecule has 206 valence electrons. The summed E-state index contributed by atoms with van der Waals surface area (Å²) in [6.45, 7) is 0.843. The molecule has 10 heteroatoms. The van der Waals surface area contributed by atoms with Crippen molar-refractivity contribution in [3.05, 3.63) is 95.3 Å². The fraction of sp³-hybridized carbons (Fsp3) is 0.310. The predicted octanol–water partition coefficient (Wildman–Crippen LogP) is 5.15. The Hall–Kier alpha value is -3.43. The summed E-state index contributed by atoms with van der Waals surface area (Å²) in [5, 5.41) is 3.41. The maximum absolute atomic E-state index is 14.9. The molecule has 7 nitrogen and oxygen atoms in total. The standard InChI is InChI=1S/C29H31ClFN3O4S/c1-21(29(36)32-23-12-6-7-13-23)33(19-22-11-5-8-16-25(22)30)28(35)20-34(27-18-10-9-17-26(27)31)39(37,38)24-14-3-2-4-15-24/h2-5,8-11,14-18,21,23H,6-7,12-13,19-20H2,1H3,(H,32,36)/t21-/m1/s1. The van der Waals surface area contributed by atoms with Crippen molar-refractivity contribution in [1.82, 2.24) is 10.2 Å². The van der Waals surface area contributed by atoms with Crippen LogP contribution in [-0.2, 0) is 26.2 Å². The van der Waals surface area contributed by atoms with Gasteiger partial charge in [0.1, 0.15) is 18.4 Å². The third-order valence-corrected chi connectivity index (χ3v) is 9.04. The Kier molecular flexibility index (Phi) is 9.24. The number of nitrogens with one attached hydrogen (secondary N) is 1. The van der Waals surface area contributed by atoms with Gasteiger partial charge in [0.15, 0.2) is 0 Å². The molecule has 1 saturated carbocycles. The molecular weight excluding hydrogens is 541 g/mol. The van der Waals surface area contributed by atoms with Gasteiger partial charge in [0.2, 0.25) is 11.8 Å². The Morgan fingerprint density at radius 2 is 1.59 bits per heavy atom. The first-order valence-electron chi connectivity index (χ1n) is 12.8. The minimum Gasteiger partial charge on any atom is -0.352 e. The van der Waals surface area contributed by atoms with E-state index in [-0.39, 0.29) is 29.1 Å². The molecule has 4 rings (SSSR count). The van der Waals surface area contributed by atoms with Crippen LogP contribution in [0.1, 0.15) is 38.2 Å². The van der Waals surface area contributed by atoms with Gasteiger partial charge in [0.05, 0.1) is 10.6 Å². The highest BCUT2D eigenvalue weighted by atomic mass is 35.5. The number of carbonyl (C=O) groups excluding carboxylic acids is 2. The van der Waals surface area contributed by atoms with Gasteiger partial charge in [-0.05, 0) is 55.7 Å². The lowest BCUT2D eigenvalue weighted by molar-refractivity contribution is -0.139. The Labute approximate surface area is 233 Å². The molecule has 1 N–H and O–H groups in total. The van der Waals surface area contributed by atoms with E-state index in [2.05, 4.69) is 5.32 Å². The van der Waals surface area contributed by atoms with Gasteiger partial charge in [0, 0.05) is 17.6 Å². The van der Waals surface area contributed by atoms with Crippen LogP contribution in [0.15, 0.2) is 83.8 Å². The zero-order valence-electron chi connectivity index (χ0n) is 21.6. The maximum Gasteiger partial charge on any atom is 0.264 e. The minimum absolute atomic E-state index is 0.0330. The van der Waals surface area contributed by atoms with Crippen molar-refractivity contribution in [3.63, 3.8) is 0 Å². The fourth-order valence-electron chi connectivity index (χ4n) is 4.67. The van der Waals surface area contributed by atoms with Crippen molar-refractivity contribution in [2.75, 3.05) is 10.8 Å². The number of amides is 2. The zero-order valence-corrected chi connectivity index (χ0v) is 23.2. The predicted molar refractivity (Wildman–Crippen MR) is 149 cm³/mol. The molecule has 3 aromatic rings. The second-order valence-electron chi connectivity index (χ2n) is 9.56. The van der Waals surface area contributed by atoms with Crippen LogP contribution < -0.4 is 9.62 Å². The number of hydrogen-bond acceptors (Lipinski definition) is 4. The van der Waals surface area contributed by atoms with Crippen molar-refractivity contribution in [1.29, 1.82) is 0 Å². The fourth-order valence-corrected chi connectivity index (χ4v) is 6.31. The molecule has 0 bridgehead atoms. The van der Waals surface area contributed by atoms with Crippen molar-refractivity contribution < 1.29 is 22.4 Å². The molecule has 1 atom stereocenters. The van der Waals surface area contributed by atoms with Crippen LogP contribution in [0.2, 0.25) is 5.02 Å². The molecule has 0 unspecified atom stereocenters. The Balaban J connectivity index is 1.69. The lowest BCUT2D eigenvalue weighted by Gasteiger charge is -2.32. The van der Waals surface area contributed by atoms with E-state index in [0.29, 0.717) is 10.6 Å². The molecule has 0 heterocycles. The molecule has 1 aliphatic carbocycles. The number of anilines is 1. The summed E-state index contributed by atoms with van der Waals surface area (Å²) in [6.07, 6.45) is 3.79. The molecule has 1 fully saturated rings. The summed E-state index contributed by atoms with van der Waals surface area (Å²) < 4.78 is 43.0. The first kappa shape index (κ1) is 28.6. The number of hydrogen-bond donors (Lipinski definition) is 1. The Bertz CT molecular complexity index is 1410. The normalized spacial score (nSPS) is 14.5. The molecule has 2 amide bonds. The number of halogens is 2. The lowest BCUT2D eigenvalue weighted by atomic mass is 10.1. The van der Waals surface area contributed by atoms with Gasteiger partial charge in [-0.25, -0.2) is 12.8 Å². The van der Waals surface area contributed by atoms with Gasteiger partial charge in [0.25, 0.3) is 10.0 Å². The van der Waals surface area contributed by atoms with E-state index >= 15 is 0 Å². The second kappa shape index (κ2) is 12.6. The topological polar surface area (TPSA) is 86.8 Å². The number of sulfonamides is 1. The average Bonchev–Trinajstić information content (AvgIpc) is 3.45. The van der Waals surface area contributed by atoms with E-state index in [9.17, 15) is 22.4 Å². The second-order valence-corrected chi connectivity index (χ2v) is 11.8. The number of rotatable bonds is 10. The van der Waals surface area contributed by atoms with E-state index < -0.39 is 34.3 Å². The highest BCUT2D eigenvalue weighted by molar-refractivity contribution is 7.92. The summed E-state index contributed by atoms with van der Waals surface area (Å²) in [5.41, 5.74) is 0.326. The van der Waals surface area contributed by atoms with Crippen LogP contribution in [0, 0.1) is 5.82 Å². The molecule has 0 spiro atoms. The van der Waals surface area contributed by atoms with Crippen molar-refractivity contribution in [3.8, 4) is 0 Å². The van der Waals surface area contributed by atoms with Crippen LogP contribution in [-0.4, -0.2) is 43.8 Å². The Morgan fingerprint density at radius 1 is 0.974 bits per heavy atom. The minimum atomic E-state index is -4.33. The summed E-state index contributed by atoms with van der Waals surface area (Å²) in [7, 11) is -4.33. The zero-order chi connectivity index (χ0) is 28.0. The molecule has 3 aromatic carbocycles. The summed E-state index contributed by atoms with van der Waals surface area (Å²) in [5.74, 6) is -1.81. The van der Waals surface area contributed by atoms with Gasteiger partial charge >= 0.3 is 0 Å². The smallest absolute Gasteiger partial charge is 0.264 e. The third kappa shape index (κ3) is 6.78. The first-order chi connectivity index (χ1) is 18.7. The molecular formula is C29H31ClFN3O4S. The summed E-state index contributed by atoms with van der Waals surface area (Å²) >= 11 is 6.38. The van der Waals surface area contributed by atoms with Gasteiger partial charge in [-0.1, -0.05) is 73.0 Å². The van der Waals surface area contributed by atoms with Crippen molar-refractivity contribution in [2.45, 2.75) is 56.1 Å². The monoisotopic (exact) mass is 571 g/mol. The van der Waals surface area contributed by atoms with Crippen LogP contribution in [0.5, 0.6) is 0 Å². The van der Waals surface area contributed by atoms with Crippen LogP contribution in [0.4, 0.5) is 10.1 Å². The first-order valence-corrected chi connectivity index (χ1v) is 14.7. The van der Waals surface area contributed by atoms with Gasteiger partial charge in [-0.3, -0.25) is 13.9 Å². The largest absolute Gasteiger partial charge is 0.352 e. The molecule has 0 aliphatic heterocycles. The van der Waals surface area contributed by atoms with E-state index in [1.165, 1.54) is 35.2 Å². The summed E-state index contributed by atoms with van der Waals surface area (Å²) in [6, 6.07) is 18.9. The van der Waals surface area contributed by atoms with Crippen molar-refractivity contribution >= 4 is 39.1 Å². The molecule has 1 aliphatic rings. The number of nitrogens with zero attached hydrogens (tertiary/aromatic N) is 2.